The third kappa shape index (κ3) is 2.83. The Labute approximate surface area is 199 Å². The fourth-order valence-corrected chi connectivity index (χ4v) is 8.06. The van der Waals surface area contributed by atoms with Crippen LogP contribution < -0.4 is 4.74 Å². The van der Waals surface area contributed by atoms with Gasteiger partial charge >= 0.3 is 5.97 Å². The van der Waals surface area contributed by atoms with E-state index in [2.05, 4.69) is 0 Å². The van der Waals surface area contributed by atoms with E-state index in [0.29, 0.717) is 29.1 Å². The Bertz CT molecular complexity index is 1090. The van der Waals surface area contributed by atoms with Crippen LogP contribution in [0.25, 0.3) is 0 Å². The normalized spacial score (nSPS) is 35.7. The second-order valence-corrected chi connectivity index (χ2v) is 10.8. The monoisotopic (exact) mass is 463 g/mol. The molecule has 178 valence electrons. The summed E-state index contributed by atoms with van der Waals surface area (Å²) in [5.74, 6) is 1.44. The average molecular weight is 464 g/mol. The number of carbonyl (C=O) groups is 2. The number of likely N-dealkylation sites (tertiary alicyclic amines) is 1. The molecule has 1 heterocycles. The van der Waals surface area contributed by atoms with Gasteiger partial charge in [-0.15, -0.1) is 0 Å². The van der Waals surface area contributed by atoms with Crippen molar-refractivity contribution in [1.29, 1.82) is 0 Å². The summed E-state index contributed by atoms with van der Waals surface area (Å²) in [6.07, 6.45) is 6.77. The van der Waals surface area contributed by atoms with Gasteiger partial charge in [-0.2, -0.15) is 0 Å². The summed E-state index contributed by atoms with van der Waals surface area (Å²) >= 11 is 0. The van der Waals surface area contributed by atoms with Crippen LogP contribution in [0.2, 0.25) is 0 Å². The number of esters is 1. The van der Waals surface area contributed by atoms with E-state index in [1.165, 1.54) is 38.5 Å². The van der Waals surface area contributed by atoms with E-state index >= 15 is 0 Å². The lowest BCUT2D eigenvalue weighted by Crippen LogP contribution is -2.77. The number of methoxy groups -OCH3 is 2. The van der Waals surface area contributed by atoms with Crippen LogP contribution in [-0.2, 0) is 19.7 Å². The second kappa shape index (κ2) is 7.56. The Morgan fingerprint density at radius 3 is 1.97 bits per heavy atom. The SMILES string of the molecule is COC(=O)C1(c2ccc(F)cc2)C(=O)N(C23CC4CC(CC(C4)C2)C3)C1c1ccc(OC)cc1. The number of hydrogen-bond acceptors (Lipinski definition) is 4. The summed E-state index contributed by atoms with van der Waals surface area (Å²) in [4.78, 5) is 29.8. The van der Waals surface area contributed by atoms with Crippen LogP contribution in [0.4, 0.5) is 4.39 Å². The molecule has 2 aromatic carbocycles. The van der Waals surface area contributed by atoms with Gasteiger partial charge in [0.1, 0.15) is 11.6 Å². The molecular weight excluding hydrogens is 433 g/mol. The number of halogens is 1. The highest BCUT2D eigenvalue weighted by atomic mass is 19.1. The first-order valence-corrected chi connectivity index (χ1v) is 12.2. The first-order chi connectivity index (χ1) is 16.4. The van der Waals surface area contributed by atoms with E-state index < -0.39 is 23.2 Å². The third-order valence-corrected chi connectivity index (χ3v) is 8.98. The van der Waals surface area contributed by atoms with Crippen molar-refractivity contribution in [3.05, 3.63) is 65.5 Å². The van der Waals surface area contributed by atoms with Crippen molar-refractivity contribution in [2.75, 3.05) is 14.2 Å². The van der Waals surface area contributed by atoms with Gasteiger partial charge in [-0.1, -0.05) is 24.3 Å². The van der Waals surface area contributed by atoms with Crippen molar-refractivity contribution in [2.45, 2.75) is 55.5 Å². The van der Waals surface area contributed by atoms with E-state index in [0.717, 1.165) is 24.8 Å². The predicted octanol–water partition coefficient (Wildman–Crippen LogP) is 4.80. The lowest BCUT2D eigenvalue weighted by molar-refractivity contribution is -0.203. The van der Waals surface area contributed by atoms with Gasteiger partial charge in [0.2, 0.25) is 5.91 Å². The summed E-state index contributed by atoms with van der Waals surface area (Å²) in [6, 6.07) is 12.8. The van der Waals surface area contributed by atoms with Gasteiger partial charge < -0.3 is 14.4 Å². The number of ether oxygens (including phenoxy) is 2. The van der Waals surface area contributed by atoms with Gasteiger partial charge in [0.25, 0.3) is 0 Å². The topological polar surface area (TPSA) is 55.8 Å². The van der Waals surface area contributed by atoms with E-state index in [-0.39, 0.29) is 11.4 Å². The summed E-state index contributed by atoms with van der Waals surface area (Å²) in [7, 11) is 2.93. The molecule has 2 aromatic rings. The number of nitrogens with zero attached hydrogens (tertiary/aromatic N) is 1. The van der Waals surface area contributed by atoms with Crippen molar-refractivity contribution < 1.29 is 23.5 Å². The van der Waals surface area contributed by atoms with Crippen LogP contribution in [0.5, 0.6) is 5.75 Å². The molecule has 2 atom stereocenters. The maximum absolute atomic E-state index is 14.3. The van der Waals surface area contributed by atoms with Gasteiger partial charge in [-0.05, 0) is 91.7 Å². The lowest BCUT2D eigenvalue weighted by Gasteiger charge is -2.68. The zero-order chi connectivity index (χ0) is 23.7. The van der Waals surface area contributed by atoms with Crippen molar-refractivity contribution >= 4 is 11.9 Å². The molecule has 0 N–H and O–H groups in total. The molecule has 5 fully saturated rings. The van der Waals surface area contributed by atoms with Gasteiger partial charge in [-0.3, -0.25) is 9.59 Å². The molecular formula is C28H30FNO4. The first kappa shape index (κ1) is 21.6. The maximum atomic E-state index is 14.3. The number of rotatable bonds is 5. The number of carbonyl (C=O) groups excluding carboxylic acids is 2. The van der Waals surface area contributed by atoms with Gasteiger partial charge in [0, 0.05) is 5.54 Å². The van der Waals surface area contributed by atoms with Crippen LogP contribution in [0, 0.1) is 23.6 Å². The number of amides is 1. The van der Waals surface area contributed by atoms with Crippen LogP contribution >= 0.6 is 0 Å². The highest BCUT2D eigenvalue weighted by molar-refractivity contribution is 6.15. The zero-order valence-electron chi connectivity index (χ0n) is 19.6. The minimum Gasteiger partial charge on any atom is -0.497 e. The Balaban J connectivity index is 1.52. The molecule has 0 radical (unpaired) electrons. The molecule has 6 heteroatoms. The second-order valence-electron chi connectivity index (χ2n) is 10.8. The molecule has 0 aromatic heterocycles. The maximum Gasteiger partial charge on any atom is 0.328 e. The number of β-lactam (4-membered cyclic amide) rings is 1. The predicted molar refractivity (Wildman–Crippen MR) is 124 cm³/mol. The smallest absolute Gasteiger partial charge is 0.328 e. The van der Waals surface area contributed by atoms with Crippen molar-refractivity contribution in [3.63, 3.8) is 0 Å². The molecule has 1 saturated heterocycles. The molecule has 34 heavy (non-hydrogen) atoms. The van der Waals surface area contributed by atoms with E-state index in [1.807, 2.05) is 29.2 Å². The van der Waals surface area contributed by atoms with E-state index in [1.54, 1.807) is 19.2 Å². The Kier molecular flexibility index (Phi) is 4.81. The number of hydrogen-bond donors (Lipinski definition) is 0. The Morgan fingerprint density at radius 2 is 1.47 bits per heavy atom. The lowest BCUT2D eigenvalue weighted by atomic mass is 9.50. The van der Waals surface area contributed by atoms with Gasteiger partial charge in [0.05, 0.1) is 20.3 Å². The fourth-order valence-electron chi connectivity index (χ4n) is 8.06. The first-order valence-electron chi connectivity index (χ1n) is 12.2. The van der Waals surface area contributed by atoms with Crippen LogP contribution in [-0.4, -0.2) is 36.5 Å². The standard InChI is InChI=1S/C28H30FNO4/c1-33-23-9-3-20(4-10-23)24-28(26(32)34-2,21-5-7-22(29)8-6-21)25(31)30(24)27-14-17-11-18(15-27)13-19(12-17)16-27/h3-10,17-19,24H,11-16H2,1-2H3. The molecule has 0 spiro atoms. The van der Waals surface area contributed by atoms with Crippen LogP contribution in [0.15, 0.2) is 48.5 Å². The molecule has 4 aliphatic carbocycles. The summed E-state index contributed by atoms with van der Waals surface area (Å²) in [6.45, 7) is 0. The average Bonchev–Trinajstić information content (AvgIpc) is 2.82. The third-order valence-electron chi connectivity index (χ3n) is 8.98. The fraction of sp³-hybridized carbons (Fsp3) is 0.500. The van der Waals surface area contributed by atoms with Crippen molar-refractivity contribution in [1.82, 2.24) is 4.90 Å². The van der Waals surface area contributed by atoms with Crippen molar-refractivity contribution in [2.24, 2.45) is 17.8 Å². The summed E-state index contributed by atoms with van der Waals surface area (Å²) in [5, 5.41) is 0. The summed E-state index contributed by atoms with van der Waals surface area (Å²) in [5.41, 5.74) is -0.410. The largest absolute Gasteiger partial charge is 0.497 e. The molecule has 5 nitrogen and oxygen atoms in total. The molecule has 1 aliphatic heterocycles. The Hall–Kier alpha value is -2.89. The highest BCUT2D eigenvalue weighted by Gasteiger charge is 2.73. The molecule has 4 bridgehead atoms. The zero-order valence-corrected chi connectivity index (χ0v) is 19.6. The van der Waals surface area contributed by atoms with Gasteiger partial charge in [0.15, 0.2) is 5.41 Å². The molecule has 7 rings (SSSR count). The minimum absolute atomic E-state index is 0.214. The van der Waals surface area contributed by atoms with Crippen molar-refractivity contribution in [3.8, 4) is 5.75 Å². The van der Waals surface area contributed by atoms with E-state index in [4.69, 9.17) is 9.47 Å². The van der Waals surface area contributed by atoms with Gasteiger partial charge in [-0.25, -0.2) is 4.39 Å². The summed E-state index contributed by atoms with van der Waals surface area (Å²) < 4.78 is 24.5. The van der Waals surface area contributed by atoms with E-state index in [9.17, 15) is 14.0 Å². The molecule has 2 unspecified atom stereocenters. The van der Waals surface area contributed by atoms with Crippen LogP contribution in [0.3, 0.4) is 0 Å². The quantitative estimate of drug-likeness (QED) is 0.363. The minimum atomic E-state index is -1.53. The highest BCUT2D eigenvalue weighted by Crippen LogP contribution is 2.65. The van der Waals surface area contributed by atoms with Crippen LogP contribution in [0.1, 0.15) is 55.7 Å². The molecule has 4 saturated carbocycles. The number of benzene rings is 2. The molecule has 5 aliphatic rings. The Morgan fingerprint density at radius 1 is 0.912 bits per heavy atom. The molecule has 1 amide bonds.